The van der Waals surface area contributed by atoms with Crippen LogP contribution in [0.3, 0.4) is 0 Å². The third-order valence-electron chi connectivity index (χ3n) is 0. The molecule has 0 atom stereocenters. The number of carboxylic acid groups (broad SMARTS) is 10. The van der Waals surface area contributed by atoms with E-state index in [9.17, 15) is 0 Å². The van der Waals surface area contributed by atoms with Crippen LogP contribution in [0.25, 0.3) is 0 Å². The minimum Gasteiger partial charge on any atom is -0.652 e. The first kappa shape index (κ1) is 56.2. The predicted molar refractivity (Wildman–Crippen MR) is 27.0 cm³/mol. The fraction of sp³-hybridized carbons (Fsp3) is 0. The zero-order valence-corrected chi connectivity index (χ0v) is 22.8. The molecule has 0 aromatic heterocycles. The number of carbonyl (C=O) groups excluding carboxylic acids is 5. The molecule has 0 aliphatic carbocycles. The van der Waals surface area contributed by atoms with Crippen molar-refractivity contribution in [3.63, 3.8) is 0 Å². The molecule has 0 saturated carbocycles. The number of rotatable bonds is 0. The molecule has 24 heavy (non-hydrogen) atoms. The molecular formula is C5K2O15Zr2. The van der Waals surface area contributed by atoms with Gasteiger partial charge in [0.05, 0.1) is 0 Å². The first-order valence-electron chi connectivity index (χ1n) is 3.06. The van der Waals surface area contributed by atoms with Gasteiger partial charge in [-0.15, -0.1) is 0 Å². The molecule has 0 N–H and O–H groups in total. The maximum atomic E-state index is 8.33. The maximum absolute atomic E-state index is 8.33. The summed E-state index contributed by atoms with van der Waals surface area (Å²) < 4.78 is 0. The molecule has 0 aliphatic rings. The van der Waals surface area contributed by atoms with Crippen molar-refractivity contribution in [2.45, 2.75) is 0 Å². The third-order valence-corrected chi connectivity index (χ3v) is 0. The van der Waals surface area contributed by atoms with Crippen molar-refractivity contribution in [3.05, 3.63) is 0 Å². The van der Waals surface area contributed by atoms with Crippen LogP contribution in [0, 0.1) is 0 Å². The maximum Gasteiger partial charge on any atom is 4.00 e. The fourth-order valence-corrected chi connectivity index (χ4v) is 0. The van der Waals surface area contributed by atoms with Crippen molar-refractivity contribution in [2.75, 3.05) is 0 Å². The van der Waals surface area contributed by atoms with Gasteiger partial charge in [0.25, 0.3) is 0 Å². The summed E-state index contributed by atoms with van der Waals surface area (Å²) >= 11 is 0. The van der Waals surface area contributed by atoms with Crippen LogP contribution in [0.15, 0.2) is 0 Å². The Kier molecular flexibility index (Phi) is 116. The Balaban J connectivity index is -0.0000000161. The number of hydrogen-bond donors (Lipinski definition) is 0. The van der Waals surface area contributed by atoms with E-state index >= 15 is 0 Å². The predicted octanol–water partition coefficient (Wildman–Crippen LogP) is -18.2. The van der Waals surface area contributed by atoms with E-state index in [1.807, 2.05) is 0 Å². The van der Waals surface area contributed by atoms with E-state index in [0.717, 1.165) is 0 Å². The van der Waals surface area contributed by atoms with Crippen molar-refractivity contribution in [3.8, 4) is 0 Å². The molecule has 0 unspecified atom stereocenters. The fourth-order valence-electron chi connectivity index (χ4n) is 0. The number of hydrogen-bond acceptors (Lipinski definition) is 15. The molecular weight excluding hydrogens is 561 g/mol. The van der Waals surface area contributed by atoms with Crippen molar-refractivity contribution < 1.29 is 230 Å². The molecule has 0 aromatic carbocycles. The van der Waals surface area contributed by atoms with Crippen LogP contribution in [-0.2, 0) is 52.4 Å². The summed E-state index contributed by atoms with van der Waals surface area (Å²) in [5, 5.41) is 83.3. The van der Waals surface area contributed by atoms with E-state index in [1.54, 1.807) is 0 Å². The summed E-state index contributed by atoms with van der Waals surface area (Å²) in [5.74, 6) is 0. The average Bonchev–Trinajstić information content (AvgIpc) is 1.94. The zero-order chi connectivity index (χ0) is 17.9. The Morgan fingerprint density at radius 1 is 0.333 bits per heavy atom. The second kappa shape index (κ2) is 49.7. The molecule has 0 fully saturated rings. The van der Waals surface area contributed by atoms with Crippen LogP contribution in [0.2, 0.25) is 0 Å². The minimum atomic E-state index is -2.33. The minimum absolute atomic E-state index is 0. The van der Waals surface area contributed by atoms with Gasteiger partial charge in [-0.3, -0.25) is 0 Å². The first-order chi connectivity index (χ1) is 8.66. The van der Waals surface area contributed by atoms with E-state index in [-0.39, 0.29) is 155 Å². The standard InChI is InChI=1S/5CH2O3.2K.2Zr/c5*2-1(3)4;;;;/h5*(H2,2,3,4);;;;/q;;;;;2*+1;2*+4/p-10. The van der Waals surface area contributed by atoms with Gasteiger partial charge in [-0.2, -0.15) is 0 Å². The van der Waals surface area contributed by atoms with Gasteiger partial charge < -0.3 is 75.0 Å². The van der Waals surface area contributed by atoms with Crippen molar-refractivity contribution in [2.24, 2.45) is 0 Å². The topological polar surface area (TPSA) is 316 Å². The molecule has 0 bridgehead atoms. The van der Waals surface area contributed by atoms with Crippen LogP contribution in [0.5, 0.6) is 0 Å². The molecule has 0 saturated heterocycles. The molecule has 0 radical (unpaired) electrons. The van der Waals surface area contributed by atoms with Crippen molar-refractivity contribution in [1.82, 2.24) is 0 Å². The Hall–Kier alpha value is 1.39. The molecule has 0 rings (SSSR count). The van der Waals surface area contributed by atoms with Crippen LogP contribution in [-0.4, -0.2) is 30.8 Å². The van der Waals surface area contributed by atoms with Gasteiger partial charge >= 0.3 is 155 Å². The molecule has 120 valence electrons. The van der Waals surface area contributed by atoms with Gasteiger partial charge in [-0.1, -0.05) is 0 Å². The Bertz CT molecular complexity index is 221. The zero-order valence-electron chi connectivity index (χ0n) is 11.6. The third kappa shape index (κ3) is 6080. The van der Waals surface area contributed by atoms with E-state index in [0.29, 0.717) is 0 Å². The van der Waals surface area contributed by atoms with Gasteiger partial charge in [0.1, 0.15) is 0 Å². The van der Waals surface area contributed by atoms with Gasteiger partial charge in [0, 0.05) is 0 Å². The van der Waals surface area contributed by atoms with E-state index < -0.39 is 30.8 Å². The summed E-state index contributed by atoms with van der Waals surface area (Å²) in [4.78, 5) is 41.7. The monoisotopic (exact) mass is 558 g/mol. The molecule has 0 aliphatic heterocycles. The average molecular weight is 561 g/mol. The largest absolute Gasteiger partial charge is 4.00 e. The summed E-state index contributed by atoms with van der Waals surface area (Å²) in [6, 6.07) is 0. The normalized spacial score (nSPS) is 5.00. The second-order valence-corrected chi connectivity index (χ2v) is 1.25. The number of carbonyl (C=O) groups is 5. The van der Waals surface area contributed by atoms with Crippen LogP contribution < -0.4 is 154 Å². The van der Waals surface area contributed by atoms with E-state index in [2.05, 4.69) is 0 Å². The second-order valence-electron chi connectivity index (χ2n) is 1.25. The van der Waals surface area contributed by atoms with E-state index in [1.165, 1.54) is 0 Å². The molecule has 0 heterocycles. The molecule has 15 nitrogen and oxygen atoms in total. The molecule has 0 aromatic rings. The summed E-state index contributed by atoms with van der Waals surface area (Å²) in [6.07, 6.45) is -11.7. The van der Waals surface area contributed by atoms with Gasteiger partial charge in [0.2, 0.25) is 0 Å². The van der Waals surface area contributed by atoms with Gasteiger partial charge in [0.15, 0.2) is 0 Å². The molecule has 0 spiro atoms. The van der Waals surface area contributed by atoms with Crippen molar-refractivity contribution >= 4 is 30.8 Å². The summed E-state index contributed by atoms with van der Waals surface area (Å²) in [7, 11) is 0. The Morgan fingerprint density at radius 2 is 0.333 bits per heavy atom. The van der Waals surface area contributed by atoms with Crippen LogP contribution in [0.4, 0.5) is 24.0 Å². The van der Waals surface area contributed by atoms with Crippen LogP contribution in [0.1, 0.15) is 0 Å². The van der Waals surface area contributed by atoms with Gasteiger partial charge in [-0.05, 0) is 30.8 Å². The van der Waals surface area contributed by atoms with Crippen molar-refractivity contribution in [1.29, 1.82) is 0 Å². The molecule has 0 amide bonds. The van der Waals surface area contributed by atoms with E-state index in [4.69, 9.17) is 75.0 Å². The SMILES string of the molecule is O=C([O-])[O-].O=C([O-])[O-].O=C([O-])[O-].O=C([O-])[O-].O=C([O-])[O-].[K+].[K+].[Zr+4].[Zr+4]. The van der Waals surface area contributed by atoms with Gasteiger partial charge in [-0.25, -0.2) is 0 Å². The quantitative estimate of drug-likeness (QED) is 0.248. The molecule has 19 heteroatoms. The van der Waals surface area contributed by atoms with Crippen LogP contribution >= 0.6 is 0 Å². The first-order valence-corrected chi connectivity index (χ1v) is 3.06. The summed E-state index contributed by atoms with van der Waals surface area (Å²) in [5.41, 5.74) is 0. The smallest absolute Gasteiger partial charge is 0.652 e. The Morgan fingerprint density at radius 3 is 0.333 bits per heavy atom. The Labute approximate surface area is 255 Å². The summed E-state index contributed by atoms with van der Waals surface area (Å²) in [6.45, 7) is 0.